The molecule has 12 rings (SSSR count). The molecule has 6 heterocycles. The van der Waals surface area contributed by atoms with E-state index in [1.165, 1.54) is 70.6 Å². The number of oxazole rings is 1. The van der Waals surface area contributed by atoms with E-state index in [-0.39, 0.29) is 0 Å². The third-order valence-electron chi connectivity index (χ3n) is 11.4. The lowest BCUT2D eigenvalue weighted by Gasteiger charge is -2.03. The molecule has 0 saturated heterocycles. The molecule has 0 aliphatic carbocycles. The largest absolute Gasteiger partial charge is 0.446 e. The monoisotopic (exact) mass is 1090 g/mol. The van der Waals surface area contributed by atoms with Crippen LogP contribution < -0.4 is 0 Å². The van der Waals surface area contributed by atoms with Crippen LogP contribution in [0.25, 0.3) is 32.3 Å². The molecular formula is C65H78N10O2S2. The second-order valence-corrected chi connectivity index (χ2v) is 22.0. The average Bonchev–Trinajstić information content (AvgIpc) is 4.31. The molecule has 14 heteroatoms. The number of nitrogens with zero attached hydrogens (tertiary/aromatic N) is 10. The predicted molar refractivity (Wildman–Crippen MR) is 333 cm³/mol. The highest BCUT2D eigenvalue weighted by Crippen LogP contribution is 2.22. The summed E-state index contributed by atoms with van der Waals surface area (Å²) in [6.07, 6.45) is 8.05. The Kier molecular flexibility index (Phi) is 26.3. The van der Waals surface area contributed by atoms with Crippen LogP contribution in [-0.4, -0.2) is 51.8 Å². The number of aromatic nitrogens is 8. The van der Waals surface area contributed by atoms with Gasteiger partial charge in [-0.1, -0.05) is 120 Å². The van der Waals surface area contributed by atoms with Gasteiger partial charge in [-0.25, -0.2) is 9.97 Å². The van der Waals surface area contributed by atoms with Crippen LogP contribution in [0.3, 0.4) is 0 Å². The minimum atomic E-state index is 0.623. The molecule has 11 aromatic rings. The van der Waals surface area contributed by atoms with Crippen molar-refractivity contribution in [2.75, 3.05) is 0 Å². The van der Waals surface area contributed by atoms with Gasteiger partial charge in [-0.3, -0.25) is 9.97 Å². The summed E-state index contributed by atoms with van der Waals surface area (Å²) in [5, 5.41) is 33.8. The van der Waals surface area contributed by atoms with Gasteiger partial charge < -0.3 is 8.83 Å². The zero-order chi connectivity index (χ0) is 58.0. The summed E-state index contributed by atoms with van der Waals surface area (Å²) in [6.45, 7) is 35.9. The first-order valence-corrected chi connectivity index (χ1v) is 27.7. The zero-order valence-corrected chi connectivity index (χ0v) is 51.1. The molecule has 0 radical (unpaired) electrons. The lowest BCUT2D eigenvalue weighted by molar-refractivity contribution is 0.489. The lowest BCUT2D eigenvalue weighted by atomic mass is 10.0. The Balaban J connectivity index is 0.000000194. The normalized spacial score (nSPS) is 10.8. The van der Waals surface area contributed by atoms with Crippen molar-refractivity contribution >= 4 is 66.4 Å². The fraction of sp³-hybridized carbons (Fsp3) is 0.292. The Bertz CT molecular complexity index is 3270. The van der Waals surface area contributed by atoms with Crippen molar-refractivity contribution in [1.29, 1.82) is 0 Å². The fourth-order valence-electron chi connectivity index (χ4n) is 7.64. The van der Waals surface area contributed by atoms with E-state index in [0.717, 1.165) is 55.9 Å². The van der Waals surface area contributed by atoms with Gasteiger partial charge in [-0.05, 0) is 158 Å². The molecule has 0 bridgehead atoms. The molecule has 0 amide bonds. The van der Waals surface area contributed by atoms with Crippen LogP contribution in [0.2, 0.25) is 0 Å². The van der Waals surface area contributed by atoms with Crippen molar-refractivity contribution in [3.8, 4) is 0 Å². The van der Waals surface area contributed by atoms with Gasteiger partial charge in [-0.2, -0.15) is 10.2 Å². The highest BCUT2D eigenvalue weighted by atomic mass is 32.1. The predicted octanol–water partition coefficient (Wildman–Crippen LogP) is 17.6. The maximum Gasteiger partial charge on any atom is 0.213 e. The topological polar surface area (TPSA) is 154 Å². The van der Waals surface area contributed by atoms with E-state index in [1.54, 1.807) is 55.1 Å². The van der Waals surface area contributed by atoms with E-state index in [4.69, 9.17) is 8.83 Å². The third kappa shape index (κ3) is 23.7. The van der Waals surface area contributed by atoms with Gasteiger partial charge in [-0.15, -0.1) is 43.1 Å². The average molecular weight is 1100 g/mol. The van der Waals surface area contributed by atoms with E-state index < -0.39 is 0 Å². The number of benzene rings is 6. The maximum absolute atomic E-state index is 4.97. The smallest absolute Gasteiger partial charge is 0.213 e. The van der Waals surface area contributed by atoms with Gasteiger partial charge in [0.05, 0.1) is 22.6 Å². The summed E-state index contributed by atoms with van der Waals surface area (Å²) in [5.74, 6) is 2.85. The molecular weight excluding hydrogens is 1020 g/mol. The van der Waals surface area contributed by atoms with Crippen LogP contribution in [0, 0.1) is 111 Å². The van der Waals surface area contributed by atoms with E-state index in [0.29, 0.717) is 11.8 Å². The number of hydrogen-bond donors (Lipinski definition) is 0. The van der Waals surface area contributed by atoms with Crippen molar-refractivity contribution in [2.24, 2.45) is 10.2 Å². The summed E-state index contributed by atoms with van der Waals surface area (Å²) in [6, 6.07) is 38.9. The van der Waals surface area contributed by atoms with E-state index in [2.05, 4.69) is 208 Å². The van der Waals surface area contributed by atoms with Crippen LogP contribution in [0.15, 0.2) is 153 Å². The summed E-state index contributed by atoms with van der Waals surface area (Å²) in [7, 11) is 0. The molecule has 0 N–H and O–H groups in total. The van der Waals surface area contributed by atoms with Crippen molar-refractivity contribution in [2.45, 2.75) is 131 Å². The summed E-state index contributed by atoms with van der Waals surface area (Å²) in [4.78, 5) is 17.2. The number of rotatable bonds is 0. The fourth-order valence-corrected chi connectivity index (χ4v) is 8.90. The molecule has 79 heavy (non-hydrogen) atoms. The van der Waals surface area contributed by atoms with Crippen molar-refractivity contribution in [3.63, 3.8) is 0 Å². The van der Waals surface area contributed by atoms with Gasteiger partial charge in [0.1, 0.15) is 15.8 Å². The number of thiazole rings is 1. The summed E-state index contributed by atoms with van der Waals surface area (Å²) in [5.41, 5.74) is 12.3. The quantitative estimate of drug-likeness (QED) is 0.143. The van der Waals surface area contributed by atoms with Crippen LogP contribution in [0.1, 0.15) is 108 Å². The molecule has 1 aliphatic heterocycles. The Hall–Kier alpha value is -7.94. The molecule has 6 aromatic carbocycles. The molecule has 1 aliphatic rings. The Morgan fingerprint density at radius 1 is 0.380 bits per heavy atom. The van der Waals surface area contributed by atoms with E-state index >= 15 is 0 Å². The first-order valence-electron chi connectivity index (χ1n) is 26.1. The Morgan fingerprint density at radius 3 is 1.09 bits per heavy atom. The van der Waals surface area contributed by atoms with E-state index in [9.17, 15) is 0 Å². The van der Waals surface area contributed by atoms with Crippen molar-refractivity contribution in [1.82, 2.24) is 40.3 Å². The standard InChI is InChI=1S/3C12H12.C6H8N2.C5H8N2.C5H7NO.C5H7NS.C4H6N2O.C4H6N2S/c1-9-3-5-12-8-10(2)4-6-11(12)7-9;1-9-5-3-8-12-10(2)6-4-7-11(9)12;1-9-7-8-10(2)12-6-4-3-5-11(9)12;1-5-3-7-4-6(2)8-5;1-4-3-5(2)7-6-4;2*1-4-3-6-5(2)7-4;2*1-3-5-6-4(2)7-3/h3*3-8H,1-2H3;3-4H,1-2H3;3H2,1-2H3;2*3H,1-2H3;2*1-2H3. The van der Waals surface area contributed by atoms with Crippen LogP contribution in [0.5, 0.6) is 0 Å². The maximum atomic E-state index is 4.97. The van der Waals surface area contributed by atoms with Gasteiger partial charge in [0, 0.05) is 62.1 Å². The first-order chi connectivity index (χ1) is 37.6. The summed E-state index contributed by atoms with van der Waals surface area (Å²) >= 11 is 3.35. The van der Waals surface area contributed by atoms with Crippen LogP contribution in [0.4, 0.5) is 0 Å². The second-order valence-electron chi connectivity index (χ2n) is 19.2. The van der Waals surface area contributed by atoms with Crippen LogP contribution in [-0.2, 0) is 0 Å². The Labute approximate surface area is 476 Å². The highest BCUT2D eigenvalue weighted by Gasteiger charge is 2.01. The molecule has 12 nitrogen and oxygen atoms in total. The first kappa shape index (κ1) is 63.6. The molecule has 0 spiro atoms. The molecule has 0 unspecified atom stereocenters. The highest BCUT2D eigenvalue weighted by molar-refractivity contribution is 7.11. The Morgan fingerprint density at radius 2 is 0.823 bits per heavy atom. The number of hydrogen-bond acceptors (Lipinski definition) is 14. The molecule has 0 atom stereocenters. The second kappa shape index (κ2) is 32.7. The third-order valence-corrected chi connectivity index (χ3v) is 13.0. The number of fused-ring (bicyclic) bond motifs is 3. The van der Waals surface area contributed by atoms with Crippen molar-refractivity contribution < 1.29 is 8.83 Å². The summed E-state index contributed by atoms with van der Waals surface area (Å²) < 4.78 is 9.83. The van der Waals surface area contributed by atoms with Gasteiger partial charge in [0.25, 0.3) is 0 Å². The number of aryl methyl sites for hydroxylation is 16. The van der Waals surface area contributed by atoms with Gasteiger partial charge >= 0.3 is 0 Å². The molecule has 412 valence electrons. The molecule has 5 aromatic heterocycles. The van der Waals surface area contributed by atoms with Gasteiger partial charge in [0.2, 0.25) is 11.8 Å². The molecule has 0 fully saturated rings. The van der Waals surface area contributed by atoms with Crippen LogP contribution >= 0.6 is 22.7 Å². The minimum Gasteiger partial charge on any atom is -0.446 e. The minimum absolute atomic E-state index is 0.623. The molecule has 0 saturated carbocycles. The SMILES string of the molecule is CC1=NN=C(C)C1.Cc1ccc(C)c2ccccc12.Cc1ccc2cc(C)ccc2c1.Cc1cccc2c(C)cccc12.Cc1cnc(C)o1.Cc1cnc(C)s1.Cc1cncc(C)n1.Cc1nnc(C)o1.Cc1nnc(C)s1. The zero-order valence-electron chi connectivity index (χ0n) is 49.5. The van der Waals surface area contributed by atoms with E-state index in [1.807, 2.05) is 68.5 Å². The van der Waals surface area contributed by atoms with Crippen molar-refractivity contribution in [3.05, 3.63) is 222 Å². The van der Waals surface area contributed by atoms with Gasteiger partial charge in [0.15, 0.2) is 5.89 Å². The lowest BCUT2D eigenvalue weighted by Crippen LogP contribution is -1.90.